The number of rotatable bonds is 4. The van der Waals surface area contributed by atoms with Crippen LogP contribution in [0.1, 0.15) is 16.1 Å². The second-order valence-corrected chi connectivity index (χ2v) is 3.82. The van der Waals surface area contributed by atoms with Crippen molar-refractivity contribution in [2.24, 2.45) is 0 Å². The number of likely N-dealkylation sites (N-methyl/N-ethyl adjacent to an activating group) is 1. The topological polar surface area (TPSA) is 82.5 Å². The van der Waals surface area contributed by atoms with Gasteiger partial charge in [-0.25, -0.2) is 4.79 Å². The average Bonchev–Trinajstić information content (AvgIpc) is 2.25. The first-order valence-corrected chi connectivity index (χ1v) is 5.05. The van der Waals surface area contributed by atoms with E-state index in [0.717, 1.165) is 0 Å². The van der Waals surface area contributed by atoms with Gasteiger partial charge in [0.25, 0.3) is 0 Å². The Balaban J connectivity index is 2.86. The minimum atomic E-state index is -1.07. The molecular weight excluding hydrogens is 222 g/mol. The van der Waals surface area contributed by atoms with Crippen LogP contribution in [0.25, 0.3) is 0 Å². The summed E-state index contributed by atoms with van der Waals surface area (Å²) in [6, 6.07) is 1.60. The van der Waals surface area contributed by atoms with Crippen LogP contribution in [-0.4, -0.2) is 47.5 Å². The van der Waals surface area contributed by atoms with Crippen molar-refractivity contribution in [3.05, 3.63) is 23.5 Å². The Hall–Kier alpha value is -2.11. The van der Waals surface area contributed by atoms with Crippen molar-refractivity contribution in [3.8, 4) is 0 Å². The van der Waals surface area contributed by atoms with Gasteiger partial charge in [-0.15, -0.1) is 0 Å². The lowest BCUT2D eigenvalue weighted by molar-refractivity contribution is -0.126. The van der Waals surface area contributed by atoms with Gasteiger partial charge in [-0.2, -0.15) is 0 Å². The zero-order valence-electron chi connectivity index (χ0n) is 10.0. The number of carbonyl (C=O) groups is 2. The number of nitrogens with zero attached hydrogens (tertiary/aromatic N) is 2. The average molecular weight is 237 g/mol. The molecule has 92 valence electrons. The first-order valence-electron chi connectivity index (χ1n) is 5.05. The van der Waals surface area contributed by atoms with Crippen molar-refractivity contribution < 1.29 is 14.7 Å². The highest BCUT2D eigenvalue weighted by molar-refractivity contribution is 5.94. The molecular formula is C11H15N3O3. The minimum absolute atomic E-state index is 0.0523. The Bertz CT molecular complexity index is 444. The van der Waals surface area contributed by atoms with Crippen LogP contribution in [0.3, 0.4) is 0 Å². The van der Waals surface area contributed by atoms with Crippen LogP contribution < -0.4 is 5.32 Å². The van der Waals surface area contributed by atoms with Gasteiger partial charge in [-0.05, 0) is 13.0 Å². The third-order valence-corrected chi connectivity index (χ3v) is 2.20. The number of hydrogen-bond donors (Lipinski definition) is 2. The molecule has 0 atom stereocenters. The van der Waals surface area contributed by atoms with Crippen molar-refractivity contribution >= 4 is 17.6 Å². The van der Waals surface area contributed by atoms with Crippen LogP contribution >= 0.6 is 0 Å². The molecule has 17 heavy (non-hydrogen) atoms. The quantitative estimate of drug-likeness (QED) is 0.800. The van der Waals surface area contributed by atoms with Crippen LogP contribution in [0.15, 0.2) is 12.3 Å². The summed E-state index contributed by atoms with van der Waals surface area (Å²) in [6.07, 6.45) is 1.28. The Morgan fingerprint density at radius 2 is 2.12 bits per heavy atom. The molecule has 0 saturated carbocycles. The van der Waals surface area contributed by atoms with Gasteiger partial charge >= 0.3 is 5.97 Å². The highest BCUT2D eigenvalue weighted by Gasteiger charge is 2.12. The third-order valence-electron chi connectivity index (χ3n) is 2.20. The molecule has 1 aromatic rings. The van der Waals surface area contributed by atoms with E-state index in [1.165, 1.54) is 11.1 Å². The van der Waals surface area contributed by atoms with E-state index in [9.17, 15) is 9.59 Å². The summed E-state index contributed by atoms with van der Waals surface area (Å²) in [5, 5.41) is 11.8. The second kappa shape index (κ2) is 5.29. The van der Waals surface area contributed by atoms with Gasteiger partial charge in [0, 0.05) is 26.0 Å². The molecule has 6 nitrogen and oxygen atoms in total. The van der Waals surface area contributed by atoms with E-state index >= 15 is 0 Å². The van der Waals surface area contributed by atoms with Crippen LogP contribution in [0.4, 0.5) is 5.69 Å². The smallest absolute Gasteiger partial charge is 0.339 e. The first-order chi connectivity index (χ1) is 7.91. The number of nitrogens with one attached hydrogen (secondary N) is 1. The summed E-state index contributed by atoms with van der Waals surface area (Å²) in [5.41, 5.74) is 1.15. The first kappa shape index (κ1) is 13.0. The highest BCUT2D eigenvalue weighted by atomic mass is 16.4. The highest BCUT2D eigenvalue weighted by Crippen LogP contribution is 2.15. The SMILES string of the molecule is Cc1cc(NCC(=O)N(C)C)c(C(=O)O)cn1. The third kappa shape index (κ3) is 3.44. The molecule has 0 spiro atoms. The molecule has 0 aliphatic rings. The molecule has 0 aromatic carbocycles. The van der Waals surface area contributed by atoms with E-state index in [1.807, 2.05) is 0 Å². The zero-order chi connectivity index (χ0) is 13.0. The molecule has 0 aliphatic heterocycles. The predicted molar refractivity (Wildman–Crippen MR) is 63.1 cm³/mol. The number of aromatic nitrogens is 1. The van der Waals surface area contributed by atoms with Crippen LogP contribution in [0.2, 0.25) is 0 Å². The number of aromatic carboxylic acids is 1. The maximum Gasteiger partial charge on any atom is 0.339 e. The van der Waals surface area contributed by atoms with Crippen molar-refractivity contribution in [2.75, 3.05) is 26.0 Å². The summed E-state index contributed by atoms with van der Waals surface area (Å²) in [7, 11) is 3.28. The van der Waals surface area contributed by atoms with Crippen molar-refractivity contribution in [1.29, 1.82) is 0 Å². The van der Waals surface area contributed by atoms with Crippen LogP contribution in [0, 0.1) is 6.92 Å². The molecule has 0 radical (unpaired) electrons. The molecule has 1 rings (SSSR count). The fourth-order valence-corrected chi connectivity index (χ4v) is 1.21. The Kier molecular flexibility index (Phi) is 4.03. The fraction of sp³-hybridized carbons (Fsp3) is 0.364. The van der Waals surface area contributed by atoms with Crippen LogP contribution in [-0.2, 0) is 4.79 Å². The fourth-order valence-electron chi connectivity index (χ4n) is 1.21. The Morgan fingerprint density at radius 1 is 1.47 bits per heavy atom. The number of hydrogen-bond acceptors (Lipinski definition) is 4. The molecule has 1 aromatic heterocycles. The number of carboxylic acid groups (broad SMARTS) is 1. The summed E-state index contributed by atoms with van der Waals surface area (Å²) in [6.45, 7) is 1.81. The Morgan fingerprint density at radius 3 is 2.65 bits per heavy atom. The molecule has 1 heterocycles. The van der Waals surface area contributed by atoms with Gasteiger partial charge in [0.1, 0.15) is 5.56 Å². The van der Waals surface area contributed by atoms with Crippen molar-refractivity contribution in [2.45, 2.75) is 6.92 Å². The largest absolute Gasteiger partial charge is 0.478 e. The van der Waals surface area contributed by atoms with Crippen LogP contribution in [0.5, 0.6) is 0 Å². The van der Waals surface area contributed by atoms with Crippen molar-refractivity contribution in [1.82, 2.24) is 9.88 Å². The monoisotopic (exact) mass is 237 g/mol. The maximum atomic E-state index is 11.4. The molecule has 6 heteroatoms. The second-order valence-electron chi connectivity index (χ2n) is 3.82. The number of carbonyl (C=O) groups excluding carboxylic acids is 1. The molecule has 0 bridgehead atoms. The standard InChI is InChI=1S/C11H15N3O3/c1-7-4-9(8(5-12-7)11(16)17)13-6-10(15)14(2)3/h4-5H,6H2,1-3H3,(H,12,13)(H,16,17). The van der Waals surface area contributed by atoms with E-state index in [0.29, 0.717) is 11.4 Å². The summed E-state index contributed by atoms with van der Waals surface area (Å²) < 4.78 is 0. The van der Waals surface area contributed by atoms with E-state index in [1.54, 1.807) is 27.1 Å². The summed E-state index contributed by atoms with van der Waals surface area (Å²) in [5.74, 6) is -1.20. The predicted octanol–water partition coefficient (Wildman–Crippen LogP) is 0.588. The lowest BCUT2D eigenvalue weighted by Crippen LogP contribution is -2.29. The number of pyridine rings is 1. The summed E-state index contributed by atoms with van der Waals surface area (Å²) >= 11 is 0. The van der Waals surface area contributed by atoms with E-state index in [4.69, 9.17) is 5.11 Å². The number of aryl methyl sites for hydroxylation is 1. The molecule has 0 saturated heterocycles. The lowest BCUT2D eigenvalue weighted by atomic mass is 10.2. The van der Waals surface area contributed by atoms with E-state index in [-0.39, 0.29) is 18.0 Å². The number of carboxylic acids is 1. The van der Waals surface area contributed by atoms with E-state index < -0.39 is 5.97 Å². The van der Waals surface area contributed by atoms with E-state index in [2.05, 4.69) is 10.3 Å². The van der Waals surface area contributed by atoms with Gasteiger partial charge in [-0.3, -0.25) is 9.78 Å². The van der Waals surface area contributed by atoms with Gasteiger partial charge in [-0.1, -0.05) is 0 Å². The van der Waals surface area contributed by atoms with Gasteiger partial charge in [0.15, 0.2) is 0 Å². The normalized spacial score (nSPS) is 9.82. The minimum Gasteiger partial charge on any atom is -0.478 e. The molecule has 0 unspecified atom stereocenters. The zero-order valence-corrected chi connectivity index (χ0v) is 10.0. The lowest BCUT2D eigenvalue weighted by Gasteiger charge is -2.13. The number of amides is 1. The van der Waals surface area contributed by atoms with Gasteiger partial charge in [0.05, 0.1) is 12.2 Å². The Labute approximate surface area is 99.3 Å². The molecule has 0 aliphatic carbocycles. The number of anilines is 1. The summed E-state index contributed by atoms with van der Waals surface area (Å²) in [4.78, 5) is 27.7. The van der Waals surface area contributed by atoms with Gasteiger partial charge in [0.2, 0.25) is 5.91 Å². The molecule has 2 N–H and O–H groups in total. The maximum absolute atomic E-state index is 11.4. The van der Waals surface area contributed by atoms with Gasteiger partial charge < -0.3 is 15.3 Å². The molecule has 0 fully saturated rings. The molecule has 1 amide bonds. The van der Waals surface area contributed by atoms with Crippen molar-refractivity contribution in [3.63, 3.8) is 0 Å².